The van der Waals surface area contributed by atoms with Crippen LogP contribution in [-0.4, -0.2) is 28.2 Å². The summed E-state index contributed by atoms with van der Waals surface area (Å²) in [6, 6.07) is 9.84. The lowest BCUT2D eigenvalue weighted by Crippen LogP contribution is -2.42. The molecule has 2 fully saturated rings. The zero-order valence-electron chi connectivity index (χ0n) is 20.4. The average molecular weight is 537 g/mol. The van der Waals surface area contributed by atoms with Gasteiger partial charge in [0.05, 0.1) is 21.7 Å². The van der Waals surface area contributed by atoms with Gasteiger partial charge in [0.2, 0.25) is 0 Å². The van der Waals surface area contributed by atoms with E-state index in [0.717, 1.165) is 68.3 Å². The van der Waals surface area contributed by atoms with Gasteiger partial charge in [-0.05, 0) is 79.5 Å². The summed E-state index contributed by atoms with van der Waals surface area (Å²) in [7, 11) is 0. The van der Waals surface area contributed by atoms with Crippen molar-refractivity contribution < 1.29 is 17.7 Å². The number of nitrogens with zero attached hydrogens (tertiary/aromatic N) is 4. The molecular formula is C29H24ClF3N4O. The van der Waals surface area contributed by atoms with Gasteiger partial charge in [-0.25, -0.2) is 0 Å². The lowest BCUT2D eigenvalue weighted by Gasteiger charge is -2.47. The van der Waals surface area contributed by atoms with Gasteiger partial charge in [-0.1, -0.05) is 22.8 Å². The van der Waals surface area contributed by atoms with Crippen LogP contribution in [0.25, 0.3) is 27.9 Å². The fraction of sp³-hybridized carbons (Fsp3) is 0.345. The van der Waals surface area contributed by atoms with Crippen molar-refractivity contribution in [1.29, 1.82) is 0 Å². The van der Waals surface area contributed by atoms with E-state index in [9.17, 15) is 13.2 Å². The van der Waals surface area contributed by atoms with Gasteiger partial charge in [-0.2, -0.15) is 13.2 Å². The van der Waals surface area contributed by atoms with E-state index in [2.05, 4.69) is 26.1 Å². The Balaban J connectivity index is 1.14. The first-order chi connectivity index (χ1) is 18.3. The number of rotatable bonds is 4. The number of hydrogen-bond acceptors (Lipinski definition) is 5. The molecule has 38 heavy (non-hydrogen) atoms. The zero-order chi connectivity index (χ0) is 26.1. The quantitative estimate of drug-likeness (QED) is 0.265. The van der Waals surface area contributed by atoms with Crippen molar-refractivity contribution in [2.24, 2.45) is 5.41 Å². The molecule has 1 saturated carbocycles. The predicted molar refractivity (Wildman–Crippen MR) is 140 cm³/mol. The van der Waals surface area contributed by atoms with E-state index in [1.807, 2.05) is 12.1 Å². The number of allylic oxidation sites excluding steroid dienone is 2. The fourth-order valence-corrected chi connectivity index (χ4v) is 6.16. The summed E-state index contributed by atoms with van der Waals surface area (Å²) < 4.78 is 46.5. The van der Waals surface area contributed by atoms with Gasteiger partial charge in [0.25, 0.3) is 0 Å². The topological polar surface area (TPSA) is 55.1 Å². The van der Waals surface area contributed by atoms with Crippen LogP contribution >= 0.6 is 11.6 Å². The molecule has 9 heteroatoms. The van der Waals surface area contributed by atoms with Gasteiger partial charge in [0, 0.05) is 42.5 Å². The van der Waals surface area contributed by atoms with Crippen molar-refractivity contribution in [3.63, 3.8) is 0 Å². The van der Waals surface area contributed by atoms with Gasteiger partial charge in [0.15, 0.2) is 0 Å². The lowest BCUT2D eigenvalue weighted by atomic mass is 9.63. The van der Waals surface area contributed by atoms with E-state index >= 15 is 0 Å². The highest BCUT2D eigenvalue weighted by molar-refractivity contribution is 6.33. The van der Waals surface area contributed by atoms with E-state index in [1.54, 1.807) is 24.4 Å². The van der Waals surface area contributed by atoms with E-state index in [1.165, 1.54) is 11.8 Å². The Morgan fingerprint density at radius 1 is 1.00 bits per heavy atom. The number of alkyl halides is 3. The van der Waals surface area contributed by atoms with Gasteiger partial charge < -0.3 is 9.42 Å². The lowest BCUT2D eigenvalue weighted by molar-refractivity contribution is -0.136. The van der Waals surface area contributed by atoms with Crippen molar-refractivity contribution in [1.82, 2.24) is 15.1 Å². The second-order valence-electron chi connectivity index (χ2n) is 10.6. The van der Waals surface area contributed by atoms with E-state index in [0.29, 0.717) is 27.8 Å². The summed E-state index contributed by atoms with van der Waals surface area (Å²) in [5, 5.41) is 5.08. The first-order valence-corrected chi connectivity index (χ1v) is 13.2. The molecule has 7 rings (SSSR count). The van der Waals surface area contributed by atoms with Crippen molar-refractivity contribution >= 4 is 33.8 Å². The Labute approximate surface area is 222 Å². The summed E-state index contributed by atoms with van der Waals surface area (Å²) in [6.07, 6.45) is 5.84. The molecule has 3 aliphatic rings. The number of halogens is 4. The van der Waals surface area contributed by atoms with E-state index in [4.69, 9.17) is 16.1 Å². The SMILES string of the molecule is FC(F)(F)c1ccnc2ccc(N3CCC4(C=C(c5c(-c6ncccc6Cl)noc5C5CC5)C4)CC3)cc12. The maximum atomic E-state index is 13.6. The molecule has 5 nitrogen and oxygen atoms in total. The third-order valence-electron chi connectivity index (χ3n) is 8.15. The highest BCUT2D eigenvalue weighted by Crippen LogP contribution is 2.56. The molecule has 1 spiro atoms. The van der Waals surface area contributed by atoms with Gasteiger partial charge in [-0.3, -0.25) is 9.97 Å². The van der Waals surface area contributed by atoms with Crippen LogP contribution in [0.2, 0.25) is 5.02 Å². The standard InChI is InChI=1S/C29H24ClF3N4O/c30-22-2-1-10-35-25(22)26-24(27(38-36-26)17-3-4-17)18-15-28(16-18)8-12-37(13-9-28)19-5-6-23-20(14-19)21(7-11-34-23)29(31,32)33/h1-2,5-7,10-11,14-15,17H,3-4,8-9,12-13,16H2. The molecule has 2 aliphatic carbocycles. The van der Waals surface area contributed by atoms with Gasteiger partial charge >= 0.3 is 6.18 Å². The number of hydrogen-bond donors (Lipinski definition) is 0. The molecule has 0 atom stereocenters. The molecule has 1 aliphatic heterocycles. The monoisotopic (exact) mass is 536 g/mol. The number of aromatic nitrogens is 3. The third-order valence-corrected chi connectivity index (χ3v) is 8.45. The van der Waals surface area contributed by atoms with Crippen LogP contribution in [0.3, 0.4) is 0 Å². The maximum Gasteiger partial charge on any atom is 0.417 e. The summed E-state index contributed by atoms with van der Waals surface area (Å²) in [6.45, 7) is 1.55. The van der Waals surface area contributed by atoms with E-state index in [-0.39, 0.29) is 10.8 Å². The first kappa shape index (κ1) is 23.7. The molecule has 4 aromatic rings. The maximum absolute atomic E-state index is 13.6. The largest absolute Gasteiger partial charge is 0.417 e. The second-order valence-corrected chi connectivity index (χ2v) is 11.0. The van der Waals surface area contributed by atoms with Gasteiger partial charge in [-0.15, -0.1) is 0 Å². The molecule has 0 radical (unpaired) electrons. The van der Waals surface area contributed by atoms with Crippen LogP contribution in [-0.2, 0) is 6.18 Å². The fourth-order valence-electron chi connectivity index (χ4n) is 5.95. The number of anilines is 1. The summed E-state index contributed by atoms with van der Waals surface area (Å²) in [5.74, 6) is 1.34. The summed E-state index contributed by atoms with van der Waals surface area (Å²) in [5.41, 5.74) is 4.21. The number of pyridine rings is 2. The molecule has 1 saturated heterocycles. The molecule has 1 aromatic carbocycles. The second kappa shape index (κ2) is 8.56. The minimum absolute atomic E-state index is 0.0740. The predicted octanol–water partition coefficient (Wildman–Crippen LogP) is 7.91. The number of fused-ring (bicyclic) bond motifs is 1. The number of piperidine rings is 1. The Hall–Kier alpha value is -3.39. The number of benzene rings is 1. The molecule has 4 heterocycles. The van der Waals surface area contributed by atoms with Crippen LogP contribution in [0.15, 0.2) is 59.4 Å². The van der Waals surface area contributed by atoms with Crippen molar-refractivity contribution in [2.45, 2.75) is 44.2 Å². The van der Waals surface area contributed by atoms with Crippen LogP contribution in [0.1, 0.15) is 54.9 Å². The van der Waals surface area contributed by atoms with Crippen LogP contribution in [0, 0.1) is 5.41 Å². The molecule has 194 valence electrons. The average Bonchev–Trinajstić information content (AvgIpc) is 3.65. The van der Waals surface area contributed by atoms with E-state index < -0.39 is 11.7 Å². The first-order valence-electron chi connectivity index (χ1n) is 12.8. The van der Waals surface area contributed by atoms with Crippen molar-refractivity contribution in [3.8, 4) is 11.4 Å². The minimum Gasteiger partial charge on any atom is -0.371 e. The van der Waals surface area contributed by atoms with Crippen LogP contribution in [0.4, 0.5) is 18.9 Å². The molecule has 0 unspecified atom stereocenters. The summed E-state index contributed by atoms with van der Waals surface area (Å²) >= 11 is 6.45. The smallest absolute Gasteiger partial charge is 0.371 e. The molecule has 0 N–H and O–H groups in total. The molecular weight excluding hydrogens is 513 g/mol. The van der Waals surface area contributed by atoms with Crippen molar-refractivity contribution in [3.05, 3.63) is 76.8 Å². The zero-order valence-corrected chi connectivity index (χ0v) is 21.2. The molecule has 3 aromatic heterocycles. The van der Waals surface area contributed by atoms with Crippen LogP contribution in [0.5, 0.6) is 0 Å². The highest BCUT2D eigenvalue weighted by atomic mass is 35.5. The third kappa shape index (κ3) is 3.97. The van der Waals surface area contributed by atoms with Gasteiger partial charge in [0.1, 0.15) is 17.1 Å². The Morgan fingerprint density at radius 2 is 1.79 bits per heavy atom. The molecule has 0 bridgehead atoms. The van der Waals surface area contributed by atoms with Crippen LogP contribution < -0.4 is 4.90 Å². The highest BCUT2D eigenvalue weighted by Gasteiger charge is 2.44. The summed E-state index contributed by atoms with van der Waals surface area (Å²) in [4.78, 5) is 10.8. The van der Waals surface area contributed by atoms with Crippen molar-refractivity contribution in [2.75, 3.05) is 18.0 Å². The molecule has 0 amide bonds. The Bertz CT molecular complexity index is 1580. The normalized spacial score (nSPS) is 19.1. The Morgan fingerprint density at radius 3 is 2.50 bits per heavy atom. The minimum atomic E-state index is -4.42. The Kier molecular flexibility index (Phi) is 5.34.